The summed E-state index contributed by atoms with van der Waals surface area (Å²) < 4.78 is 25.8. The van der Waals surface area contributed by atoms with Crippen LogP contribution in [0, 0.1) is 11.6 Å². The lowest BCUT2D eigenvalue weighted by molar-refractivity contribution is -0.120. The summed E-state index contributed by atoms with van der Waals surface area (Å²) in [6.07, 6.45) is -0.0152. The van der Waals surface area contributed by atoms with E-state index in [0.29, 0.717) is 5.56 Å². The molecule has 0 aliphatic rings. The Morgan fingerprint density at radius 3 is 2.48 bits per heavy atom. The van der Waals surface area contributed by atoms with E-state index in [1.54, 1.807) is 0 Å². The maximum absolute atomic E-state index is 13.0. The van der Waals surface area contributed by atoms with Crippen LogP contribution in [0.4, 0.5) is 8.78 Å². The van der Waals surface area contributed by atoms with Crippen LogP contribution in [0.1, 0.15) is 17.2 Å². The first-order chi connectivity index (χ1) is 10.1. The summed E-state index contributed by atoms with van der Waals surface area (Å²) >= 11 is 0. The molecule has 0 fully saturated rings. The van der Waals surface area contributed by atoms with Crippen LogP contribution < -0.4 is 11.1 Å². The Kier molecular flexibility index (Phi) is 5.00. The van der Waals surface area contributed by atoms with E-state index in [4.69, 9.17) is 5.73 Å². The molecule has 0 saturated heterocycles. The van der Waals surface area contributed by atoms with Gasteiger partial charge in [0, 0.05) is 12.6 Å². The molecule has 0 radical (unpaired) electrons. The zero-order valence-corrected chi connectivity index (χ0v) is 11.4. The van der Waals surface area contributed by atoms with Gasteiger partial charge in [-0.3, -0.25) is 4.79 Å². The Hall–Kier alpha value is -2.27. The van der Waals surface area contributed by atoms with E-state index in [-0.39, 0.29) is 24.9 Å². The molecular weight excluding hydrogens is 274 g/mol. The molecule has 1 amide bonds. The highest BCUT2D eigenvalue weighted by Gasteiger charge is 2.10. The number of hydrogen-bond donors (Lipinski definition) is 2. The van der Waals surface area contributed by atoms with Gasteiger partial charge >= 0.3 is 0 Å². The van der Waals surface area contributed by atoms with Gasteiger partial charge in [-0.2, -0.15) is 0 Å². The number of nitrogens with one attached hydrogen (secondary N) is 1. The van der Waals surface area contributed by atoms with E-state index in [2.05, 4.69) is 5.32 Å². The second-order valence-electron chi connectivity index (χ2n) is 4.75. The van der Waals surface area contributed by atoms with Crippen molar-refractivity contribution in [3.8, 4) is 0 Å². The van der Waals surface area contributed by atoms with Crippen molar-refractivity contribution in [1.82, 2.24) is 5.32 Å². The summed E-state index contributed by atoms with van der Waals surface area (Å²) in [5.41, 5.74) is 7.29. The molecule has 0 aliphatic heterocycles. The van der Waals surface area contributed by atoms with Crippen LogP contribution >= 0.6 is 0 Å². The van der Waals surface area contributed by atoms with Gasteiger partial charge < -0.3 is 11.1 Å². The van der Waals surface area contributed by atoms with Gasteiger partial charge in [-0.1, -0.05) is 36.4 Å². The molecule has 0 aromatic heterocycles. The maximum Gasteiger partial charge on any atom is 0.224 e. The third-order valence-electron chi connectivity index (χ3n) is 3.10. The average molecular weight is 290 g/mol. The van der Waals surface area contributed by atoms with E-state index in [1.165, 1.54) is 6.07 Å². The van der Waals surface area contributed by atoms with Crippen LogP contribution in [0.5, 0.6) is 0 Å². The third-order valence-corrected chi connectivity index (χ3v) is 3.10. The Morgan fingerprint density at radius 2 is 1.81 bits per heavy atom. The average Bonchev–Trinajstić information content (AvgIpc) is 2.49. The Labute approximate surface area is 121 Å². The second-order valence-corrected chi connectivity index (χ2v) is 4.75. The molecule has 0 bridgehead atoms. The van der Waals surface area contributed by atoms with Gasteiger partial charge in [0.15, 0.2) is 11.6 Å². The van der Waals surface area contributed by atoms with Crippen molar-refractivity contribution in [2.45, 2.75) is 12.5 Å². The quantitative estimate of drug-likeness (QED) is 0.888. The second kappa shape index (κ2) is 6.95. The fourth-order valence-electron chi connectivity index (χ4n) is 1.94. The van der Waals surface area contributed by atoms with Crippen molar-refractivity contribution >= 4 is 5.91 Å². The molecule has 0 saturated carbocycles. The molecular formula is C16H16F2N2O. The monoisotopic (exact) mass is 290 g/mol. The number of halogens is 2. The minimum Gasteiger partial charge on any atom is -0.354 e. The molecule has 21 heavy (non-hydrogen) atoms. The molecule has 0 heterocycles. The zero-order valence-electron chi connectivity index (χ0n) is 11.4. The normalized spacial score (nSPS) is 12.0. The number of amides is 1. The molecule has 0 aliphatic carbocycles. The largest absolute Gasteiger partial charge is 0.354 e. The molecule has 2 aromatic rings. The third kappa shape index (κ3) is 4.36. The van der Waals surface area contributed by atoms with Crippen LogP contribution in [-0.4, -0.2) is 12.5 Å². The lowest BCUT2D eigenvalue weighted by Gasteiger charge is -2.13. The number of benzene rings is 2. The zero-order chi connectivity index (χ0) is 15.2. The molecule has 1 unspecified atom stereocenters. The van der Waals surface area contributed by atoms with Crippen molar-refractivity contribution in [1.29, 1.82) is 0 Å². The van der Waals surface area contributed by atoms with E-state index >= 15 is 0 Å². The highest BCUT2D eigenvalue weighted by Crippen LogP contribution is 2.10. The number of hydrogen-bond acceptors (Lipinski definition) is 2. The van der Waals surface area contributed by atoms with Gasteiger partial charge in [0.25, 0.3) is 0 Å². The van der Waals surface area contributed by atoms with Crippen molar-refractivity contribution in [2.75, 3.05) is 6.54 Å². The van der Waals surface area contributed by atoms with Crippen LogP contribution in [0.2, 0.25) is 0 Å². The van der Waals surface area contributed by atoms with Crippen molar-refractivity contribution < 1.29 is 13.6 Å². The van der Waals surface area contributed by atoms with Crippen molar-refractivity contribution in [3.63, 3.8) is 0 Å². The van der Waals surface area contributed by atoms with Crippen molar-refractivity contribution in [2.24, 2.45) is 5.73 Å². The molecule has 3 N–H and O–H groups in total. The molecule has 2 rings (SSSR count). The van der Waals surface area contributed by atoms with Crippen LogP contribution in [0.3, 0.4) is 0 Å². The molecule has 110 valence electrons. The van der Waals surface area contributed by atoms with E-state index in [1.807, 2.05) is 30.3 Å². The molecule has 5 heteroatoms. The van der Waals surface area contributed by atoms with Gasteiger partial charge in [-0.15, -0.1) is 0 Å². The molecule has 0 spiro atoms. The first kappa shape index (κ1) is 15.1. The standard InChI is InChI=1S/C16H16F2N2O/c17-13-7-6-11(8-14(13)18)9-16(21)20-10-15(19)12-4-2-1-3-5-12/h1-8,15H,9-10,19H2,(H,20,21). The summed E-state index contributed by atoms with van der Waals surface area (Å²) in [5, 5.41) is 2.68. The van der Waals surface area contributed by atoms with E-state index in [9.17, 15) is 13.6 Å². The molecule has 3 nitrogen and oxygen atoms in total. The SMILES string of the molecule is NC(CNC(=O)Cc1ccc(F)c(F)c1)c1ccccc1. The summed E-state index contributed by atoms with van der Waals surface area (Å²) in [7, 11) is 0. The Morgan fingerprint density at radius 1 is 1.10 bits per heavy atom. The minimum atomic E-state index is -0.957. The van der Waals surface area contributed by atoms with Crippen LogP contribution in [-0.2, 0) is 11.2 Å². The number of carbonyl (C=O) groups is 1. The first-order valence-corrected chi connectivity index (χ1v) is 6.57. The molecule has 2 aromatic carbocycles. The smallest absolute Gasteiger partial charge is 0.224 e. The van der Waals surface area contributed by atoms with Crippen molar-refractivity contribution in [3.05, 3.63) is 71.3 Å². The maximum atomic E-state index is 13.0. The van der Waals surface area contributed by atoms with E-state index < -0.39 is 11.6 Å². The van der Waals surface area contributed by atoms with Gasteiger partial charge in [-0.25, -0.2) is 8.78 Å². The Balaban J connectivity index is 1.86. The summed E-state index contributed by atoms with van der Waals surface area (Å²) in [6.45, 7) is 0.284. The van der Waals surface area contributed by atoms with Crippen LogP contribution in [0.25, 0.3) is 0 Å². The lowest BCUT2D eigenvalue weighted by atomic mass is 10.1. The van der Waals surface area contributed by atoms with Crippen LogP contribution in [0.15, 0.2) is 48.5 Å². The van der Waals surface area contributed by atoms with Gasteiger partial charge in [0.05, 0.1) is 6.42 Å². The predicted octanol–water partition coefficient (Wildman–Crippen LogP) is 2.32. The first-order valence-electron chi connectivity index (χ1n) is 6.57. The molecule has 1 atom stereocenters. The fourth-order valence-corrected chi connectivity index (χ4v) is 1.94. The van der Waals surface area contributed by atoms with Gasteiger partial charge in [-0.05, 0) is 23.3 Å². The van der Waals surface area contributed by atoms with E-state index in [0.717, 1.165) is 17.7 Å². The highest BCUT2D eigenvalue weighted by molar-refractivity contribution is 5.78. The summed E-state index contributed by atoms with van der Waals surface area (Å²) in [5.74, 6) is -2.17. The lowest BCUT2D eigenvalue weighted by Crippen LogP contribution is -2.32. The minimum absolute atomic E-state index is 0.0152. The number of carbonyl (C=O) groups excluding carboxylic acids is 1. The van der Waals surface area contributed by atoms with Gasteiger partial charge in [0.1, 0.15) is 0 Å². The number of rotatable bonds is 5. The highest BCUT2D eigenvalue weighted by atomic mass is 19.2. The topological polar surface area (TPSA) is 55.1 Å². The number of nitrogens with two attached hydrogens (primary N) is 1. The predicted molar refractivity (Wildman–Crippen MR) is 76.4 cm³/mol. The summed E-state index contributed by atoms with van der Waals surface area (Å²) in [6, 6.07) is 12.5. The summed E-state index contributed by atoms with van der Waals surface area (Å²) in [4.78, 5) is 11.8. The van der Waals surface area contributed by atoms with Gasteiger partial charge in [0.2, 0.25) is 5.91 Å². The Bertz CT molecular complexity index is 617. The fraction of sp³-hybridized carbons (Fsp3) is 0.188.